The van der Waals surface area contributed by atoms with Crippen LogP contribution >= 0.6 is 9.47 Å². The van der Waals surface area contributed by atoms with Gasteiger partial charge in [0.1, 0.15) is 0 Å². The van der Waals surface area contributed by atoms with Gasteiger partial charge in [-0.15, -0.1) is 0 Å². The SMILES string of the molecule is CC(=O)OP. The van der Waals surface area contributed by atoms with Crippen LogP contribution in [0.4, 0.5) is 0 Å². The van der Waals surface area contributed by atoms with Gasteiger partial charge in [0.25, 0.3) is 0 Å². The van der Waals surface area contributed by atoms with E-state index in [1.54, 1.807) is 0 Å². The Morgan fingerprint density at radius 3 is 2.20 bits per heavy atom. The Morgan fingerprint density at radius 2 is 2.20 bits per heavy atom. The maximum absolute atomic E-state index is 9.57. The predicted molar refractivity (Wildman–Crippen MR) is 21.5 cm³/mol. The first kappa shape index (κ1) is 4.90. The number of carbonyl (C=O) groups excluding carboxylic acids is 1. The summed E-state index contributed by atoms with van der Waals surface area (Å²) in [5.74, 6) is -0.282. The summed E-state index contributed by atoms with van der Waals surface area (Å²) in [6.45, 7) is 1.34. The number of rotatable bonds is 0. The summed E-state index contributed by atoms with van der Waals surface area (Å²) in [6, 6.07) is 0. The summed E-state index contributed by atoms with van der Waals surface area (Å²) in [7, 11) is 1.84. The fraction of sp³-hybridized carbons (Fsp3) is 0.500. The van der Waals surface area contributed by atoms with Crippen LogP contribution in [-0.4, -0.2) is 5.97 Å². The maximum atomic E-state index is 9.57. The zero-order valence-corrected chi connectivity index (χ0v) is 4.05. The zero-order valence-electron chi connectivity index (χ0n) is 2.89. The van der Waals surface area contributed by atoms with Gasteiger partial charge in [-0.3, -0.25) is 4.79 Å². The van der Waals surface area contributed by atoms with Crippen molar-refractivity contribution in [2.75, 3.05) is 0 Å². The third kappa shape index (κ3) is 3.90. The van der Waals surface area contributed by atoms with Gasteiger partial charge in [0.15, 0.2) is 0 Å². The monoisotopic (exact) mass is 92.0 g/mol. The summed E-state index contributed by atoms with van der Waals surface area (Å²) in [6.07, 6.45) is 0. The Bertz CT molecular complexity index is 42.9. The maximum Gasteiger partial charge on any atom is 0.304 e. The normalized spacial score (nSPS) is 6.80. The first-order valence-corrected chi connectivity index (χ1v) is 1.62. The smallest absolute Gasteiger partial charge is 0.304 e. The van der Waals surface area contributed by atoms with E-state index in [9.17, 15) is 4.79 Å². The standard InChI is InChI=1S/C2H5O2P/c1-2(3)4-5/h5H2,1H3. The van der Waals surface area contributed by atoms with Gasteiger partial charge >= 0.3 is 5.97 Å². The molecule has 0 aromatic heterocycles. The lowest BCUT2D eigenvalue weighted by Crippen LogP contribution is -1.82. The summed E-state index contributed by atoms with van der Waals surface area (Å²) >= 11 is 0. The van der Waals surface area contributed by atoms with E-state index in [-0.39, 0.29) is 5.97 Å². The molecular formula is C2H5O2P. The molecule has 0 rings (SSSR count). The number of carbonyl (C=O) groups is 1. The molecule has 1 atom stereocenters. The second kappa shape index (κ2) is 2.16. The predicted octanol–water partition coefficient (Wildman–Crippen LogP) is 0.340. The highest BCUT2D eigenvalue weighted by molar-refractivity contribution is 7.10. The average Bonchev–Trinajstić information content (AvgIpc) is 1.38. The van der Waals surface area contributed by atoms with Gasteiger partial charge in [0.05, 0.1) is 9.47 Å². The molecule has 0 amide bonds. The molecule has 0 saturated heterocycles. The van der Waals surface area contributed by atoms with Crippen LogP contribution in [0.25, 0.3) is 0 Å². The molecule has 2 nitrogen and oxygen atoms in total. The molecule has 0 bridgehead atoms. The quantitative estimate of drug-likeness (QED) is 0.403. The zero-order chi connectivity index (χ0) is 4.28. The van der Waals surface area contributed by atoms with Gasteiger partial charge < -0.3 is 4.52 Å². The van der Waals surface area contributed by atoms with Crippen LogP contribution in [0.2, 0.25) is 0 Å². The van der Waals surface area contributed by atoms with E-state index >= 15 is 0 Å². The van der Waals surface area contributed by atoms with Crippen molar-refractivity contribution < 1.29 is 9.32 Å². The second-order valence-electron chi connectivity index (χ2n) is 0.609. The van der Waals surface area contributed by atoms with E-state index in [4.69, 9.17) is 0 Å². The minimum Gasteiger partial charge on any atom is -0.452 e. The second-order valence-corrected chi connectivity index (χ2v) is 0.845. The Kier molecular flexibility index (Phi) is 2.11. The molecule has 0 N–H and O–H groups in total. The summed E-state index contributed by atoms with van der Waals surface area (Å²) in [4.78, 5) is 9.57. The number of hydrogen-bond acceptors (Lipinski definition) is 2. The molecule has 0 aliphatic rings. The van der Waals surface area contributed by atoms with E-state index in [2.05, 4.69) is 4.52 Å². The lowest BCUT2D eigenvalue weighted by atomic mass is 10.9. The van der Waals surface area contributed by atoms with Gasteiger partial charge in [0.2, 0.25) is 0 Å². The molecule has 0 aromatic carbocycles. The van der Waals surface area contributed by atoms with E-state index < -0.39 is 0 Å². The minimum absolute atomic E-state index is 0.282. The Morgan fingerprint density at radius 1 is 2.00 bits per heavy atom. The summed E-state index contributed by atoms with van der Waals surface area (Å²) in [5, 5.41) is 0. The van der Waals surface area contributed by atoms with Gasteiger partial charge in [-0.05, 0) is 0 Å². The van der Waals surface area contributed by atoms with Crippen molar-refractivity contribution in [1.82, 2.24) is 0 Å². The lowest BCUT2D eigenvalue weighted by molar-refractivity contribution is -0.130. The fourth-order valence-electron chi connectivity index (χ4n) is 0. The van der Waals surface area contributed by atoms with Gasteiger partial charge in [-0.1, -0.05) is 0 Å². The van der Waals surface area contributed by atoms with E-state index in [1.807, 2.05) is 9.47 Å². The Labute approximate surface area is 32.8 Å². The molecule has 0 aliphatic heterocycles. The number of hydrogen-bond donors (Lipinski definition) is 0. The van der Waals surface area contributed by atoms with E-state index in [0.717, 1.165) is 0 Å². The molecule has 1 unspecified atom stereocenters. The molecule has 0 aromatic rings. The van der Waals surface area contributed by atoms with Crippen molar-refractivity contribution in [2.45, 2.75) is 6.92 Å². The first-order valence-electron chi connectivity index (χ1n) is 1.14. The molecule has 0 radical (unpaired) electrons. The van der Waals surface area contributed by atoms with Crippen LogP contribution in [0.1, 0.15) is 6.92 Å². The summed E-state index contributed by atoms with van der Waals surface area (Å²) in [5.41, 5.74) is 0. The topological polar surface area (TPSA) is 26.3 Å². The highest BCUT2D eigenvalue weighted by Crippen LogP contribution is 1.81. The summed E-state index contributed by atoms with van der Waals surface area (Å²) < 4.78 is 4.03. The van der Waals surface area contributed by atoms with Crippen molar-refractivity contribution in [3.8, 4) is 0 Å². The Hall–Kier alpha value is -0.100. The third-order valence-electron chi connectivity index (χ3n) is 0.166. The van der Waals surface area contributed by atoms with Crippen LogP contribution in [0.3, 0.4) is 0 Å². The van der Waals surface area contributed by atoms with E-state index in [0.29, 0.717) is 0 Å². The van der Waals surface area contributed by atoms with Crippen LogP contribution in [0, 0.1) is 0 Å². The van der Waals surface area contributed by atoms with Crippen LogP contribution < -0.4 is 0 Å². The van der Waals surface area contributed by atoms with Crippen molar-refractivity contribution >= 4 is 15.4 Å². The molecule has 3 heteroatoms. The van der Waals surface area contributed by atoms with Crippen LogP contribution in [0.5, 0.6) is 0 Å². The molecular weight excluding hydrogens is 87.0 g/mol. The van der Waals surface area contributed by atoms with Crippen LogP contribution in [0.15, 0.2) is 0 Å². The highest BCUT2D eigenvalue weighted by atomic mass is 31.0. The van der Waals surface area contributed by atoms with Crippen molar-refractivity contribution in [3.63, 3.8) is 0 Å². The Balaban J connectivity index is 2.85. The molecule has 5 heavy (non-hydrogen) atoms. The van der Waals surface area contributed by atoms with Crippen LogP contribution in [-0.2, 0) is 9.32 Å². The highest BCUT2D eigenvalue weighted by Gasteiger charge is 1.76. The lowest BCUT2D eigenvalue weighted by Gasteiger charge is -1.80. The largest absolute Gasteiger partial charge is 0.452 e. The van der Waals surface area contributed by atoms with Crippen molar-refractivity contribution in [3.05, 3.63) is 0 Å². The van der Waals surface area contributed by atoms with Gasteiger partial charge in [0, 0.05) is 6.92 Å². The average molecular weight is 92.0 g/mol. The van der Waals surface area contributed by atoms with Crippen molar-refractivity contribution in [2.24, 2.45) is 0 Å². The molecule has 0 heterocycles. The molecule has 0 fully saturated rings. The van der Waals surface area contributed by atoms with Crippen molar-refractivity contribution in [1.29, 1.82) is 0 Å². The minimum atomic E-state index is -0.282. The van der Waals surface area contributed by atoms with Gasteiger partial charge in [-0.25, -0.2) is 0 Å². The third-order valence-corrected chi connectivity index (χ3v) is 0.498. The fourth-order valence-corrected chi connectivity index (χ4v) is 0. The van der Waals surface area contributed by atoms with Gasteiger partial charge in [-0.2, -0.15) is 0 Å². The molecule has 0 saturated carbocycles. The molecule has 0 aliphatic carbocycles. The van der Waals surface area contributed by atoms with E-state index in [1.165, 1.54) is 6.92 Å². The first-order chi connectivity index (χ1) is 2.27. The molecule has 0 spiro atoms. The molecule has 30 valence electrons.